The van der Waals surface area contributed by atoms with Gasteiger partial charge in [0.15, 0.2) is 0 Å². The molecule has 1 fully saturated rings. The number of hydrogen-bond donors (Lipinski definition) is 3. The third-order valence-electron chi connectivity index (χ3n) is 7.24. The van der Waals surface area contributed by atoms with Crippen LogP contribution < -0.4 is 10.6 Å². The van der Waals surface area contributed by atoms with Crippen LogP contribution in [-0.2, 0) is 14.3 Å². The lowest BCUT2D eigenvalue weighted by Crippen LogP contribution is -2.50. The van der Waals surface area contributed by atoms with E-state index in [-0.39, 0.29) is 31.3 Å². The van der Waals surface area contributed by atoms with E-state index < -0.39 is 23.6 Å². The van der Waals surface area contributed by atoms with Gasteiger partial charge >= 0.3 is 12.1 Å². The van der Waals surface area contributed by atoms with E-state index in [9.17, 15) is 14.4 Å². The molecule has 3 N–H and O–H groups in total. The van der Waals surface area contributed by atoms with Crippen molar-refractivity contribution in [3.63, 3.8) is 0 Å². The van der Waals surface area contributed by atoms with Gasteiger partial charge in [0.05, 0.1) is 6.42 Å². The Labute approximate surface area is 206 Å². The molecule has 0 heterocycles. The van der Waals surface area contributed by atoms with Crippen molar-refractivity contribution >= 4 is 18.0 Å². The summed E-state index contributed by atoms with van der Waals surface area (Å²) in [5, 5.41) is 14.7. The molecule has 0 spiro atoms. The number of ether oxygens (including phenoxy) is 1. The van der Waals surface area contributed by atoms with E-state index in [1.165, 1.54) is 22.3 Å². The molecule has 0 unspecified atom stereocenters. The van der Waals surface area contributed by atoms with Gasteiger partial charge in [-0.3, -0.25) is 9.59 Å². The van der Waals surface area contributed by atoms with Gasteiger partial charge < -0.3 is 20.5 Å². The fourth-order valence-electron chi connectivity index (χ4n) is 5.53. The topological polar surface area (TPSA) is 105 Å². The minimum absolute atomic E-state index is 0.00282. The molecular weight excluding hydrogens is 444 g/mol. The van der Waals surface area contributed by atoms with Crippen LogP contribution in [0.3, 0.4) is 0 Å². The Morgan fingerprint density at radius 1 is 1.00 bits per heavy atom. The standard InChI is InChI=1S/C28H34N2O5/c1-19(17-26(32)33)29-25(31)13-16-28(14-7-2-8-15-28)30-27(34)35-18-24-22-11-5-3-9-20(22)21-10-4-6-12-23(21)24/h3-6,9-12,19,24H,2,7-8,13-18H2,1H3,(H,29,31)(H,30,34)(H,32,33)/t19-/m1/s1. The SMILES string of the molecule is C[C@H](CC(=O)O)NC(=O)CCC1(NC(=O)OCC2c3ccccc3-c3ccccc32)CCCCC1. The molecule has 1 saturated carbocycles. The van der Waals surface area contributed by atoms with Gasteiger partial charge in [0, 0.05) is 23.9 Å². The van der Waals surface area contributed by atoms with E-state index in [0.717, 1.165) is 32.1 Å². The molecule has 2 aliphatic rings. The van der Waals surface area contributed by atoms with Crippen LogP contribution in [0.5, 0.6) is 0 Å². The van der Waals surface area contributed by atoms with Crippen molar-refractivity contribution in [1.29, 1.82) is 0 Å². The summed E-state index contributed by atoms with van der Waals surface area (Å²) in [6.07, 6.45) is 4.85. The van der Waals surface area contributed by atoms with E-state index in [1.54, 1.807) is 6.92 Å². The molecule has 2 aromatic rings. The molecule has 0 bridgehead atoms. The lowest BCUT2D eigenvalue weighted by Gasteiger charge is -2.38. The first-order chi connectivity index (χ1) is 16.9. The molecular formula is C28H34N2O5. The van der Waals surface area contributed by atoms with Crippen molar-refractivity contribution in [2.75, 3.05) is 6.61 Å². The number of rotatable bonds is 9. The van der Waals surface area contributed by atoms with Crippen molar-refractivity contribution in [3.8, 4) is 11.1 Å². The molecule has 0 aliphatic heterocycles. The van der Waals surface area contributed by atoms with Crippen molar-refractivity contribution in [2.45, 2.75) is 75.8 Å². The van der Waals surface area contributed by atoms with Gasteiger partial charge in [-0.25, -0.2) is 4.79 Å². The summed E-state index contributed by atoms with van der Waals surface area (Å²) in [5.74, 6) is -1.14. The van der Waals surface area contributed by atoms with Crippen LogP contribution in [-0.4, -0.2) is 41.3 Å². The van der Waals surface area contributed by atoms with Gasteiger partial charge in [-0.2, -0.15) is 0 Å². The molecule has 2 aliphatic carbocycles. The zero-order valence-corrected chi connectivity index (χ0v) is 20.2. The summed E-state index contributed by atoms with van der Waals surface area (Å²) in [7, 11) is 0. The highest BCUT2D eigenvalue weighted by atomic mass is 16.5. The molecule has 0 saturated heterocycles. The summed E-state index contributed by atoms with van der Waals surface area (Å²) >= 11 is 0. The minimum atomic E-state index is -0.946. The summed E-state index contributed by atoms with van der Waals surface area (Å²) in [4.78, 5) is 36.2. The average molecular weight is 479 g/mol. The first-order valence-electron chi connectivity index (χ1n) is 12.5. The largest absolute Gasteiger partial charge is 0.481 e. The van der Waals surface area contributed by atoms with Gasteiger partial charge in [0.1, 0.15) is 6.61 Å². The molecule has 186 valence electrons. The van der Waals surface area contributed by atoms with Crippen LogP contribution in [0.25, 0.3) is 11.1 Å². The predicted octanol–water partition coefficient (Wildman–Crippen LogP) is 4.99. The van der Waals surface area contributed by atoms with E-state index in [4.69, 9.17) is 9.84 Å². The van der Waals surface area contributed by atoms with Crippen molar-refractivity contribution in [2.24, 2.45) is 0 Å². The number of nitrogens with one attached hydrogen (secondary N) is 2. The van der Waals surface area contributed by atoms with Crippen LogP contribution in [0.2, 0.25) is 0 Å². The maximum Gasteiger partial charge on any atom is 0.407 e. The second kappa shape index (κ2) is 10.9. The van der Waals surface area contributed by atoms with Gasteiger partial charge in [-0.15, -0.1) is 0 Å². The number of carboxylic acid groups (broad SMARTS) is 1. The lowest BCUT2D eigenvalue weighted by molar-refractivity contribution is -0.137. The van der Waals surface area contributed by atoms with Crippen LogP contribution >= 0.6 is 0 Å². The lowest BCUT2D eigenvalue weighted by atomic mass is 9.78. The zero-order valence-electron chi connectivity index (χ0n) is 20.2. The molecule has 7 nitrogen and oxygen atoms in total. The van der Waals surface area contributed by atoms with Gasteiger partial charge in [-0.1, -0.05) is 67.8 Å². The summed E-state index contributed by atoms with van der Waals surface area (Å²) < 4.78 is 5.77. The number of benzene rings is 2. The Kier molecular flexibility index (Phi) is 7.73. The first kappa shape index (κ1) is 24.8. The smallest absolute Gasteiger partial charge is 0.407 e. The Morgan fingerprint density at radius 3 is 2.20 bits per heavy atom. The Bertz CT molecular complexity index is 1030. The number of fused-ring (bicyclic) bond motifs is 3. The van der Waals surface area contributed by atoms with E-state index >= 15 is 0 Å². The van der Waals surface area contributed by atoms with Crippen molar-refractivity contribution in [1.82, 2.24) is 10.6 Å². The maximum atomic E-state index is 12.9. The number of hydrogen-bond acceptors (Lipinski definition) is 4. The predicted molar refractivity (Wildman–Crippen MR) is 133 cm³/mol. The number of aliphatic carboxylic acids is 1. The molecule has 1 atom stereocenters. The third kappa shape index (κ3) is 6.02. The zero-order chi connectivity index (χ0) is 24.8. The summed E-state index contributed by atoms with van der Waals surface area (Å²) in [6.45, 7) is 1.93. The molecule has 35 heavy (non-hydrogen) atoms. The molecule has 0 radical (unpaired) electrons. The van der Waals surface area contributed by atoms with E-state index in [1.807, 2.05) is 24.3 Å². The van der Waals surface area contributed by atoms with Gasteiger partial charge in [0.25, 0.3) is 0 Å². The monoisotopic (exact) mass is 478 g/mol. The minimum Gasteiger partial charge on any atom is -0.481 e. The highest BCUT2D eigenvalue weighted by Crippen LogP contribution is 2.44. The highest BCUT2D eigenvalue weighted by Gasteiger charge is 2.35. The fraction of sp³-hybridized carbons (Fsp3) is 0.464. The highest BCUT2D eigenvalue weighted by molar-refractivity contribution is 5.79. The Balaban J connectivity index is 1.36. The number of carbonyl (C=O) groups excluding carboxylic acids is 2. The number of carbonyl (C=O) groups is 3. The third-order valence-corrected chi connectivity index (χ3v) is 7.24. The average Bonchev–Trinajstić information content (AvgIpc) is 3.15. The second-order valence-electron chi connectivity index (χ2n) is 9.86. The second-order valence-corrected chi connectivity index (χ2v) is 9.86. The van der Waals surface area contributed by atoms with Crippen molar-refractivity contribution in [3.05, 3.63) is 59.7 Å². The number of amides is 2. The summed E-state index contributed by atoms with van der Waals surface area (Å²) in [6, 6.07) is 16.0. The Morgan fingerprint density at radius 2 is 1.60 bits per heavy atom. The van der Waals surface area contributed by atoms with Crippen molar-refractivity contribution < 1.29 is 24.2 Å². The van der Waals surface area contributed by atoms with Crippen LogP contribution in [0.1, 0.15) is 75.3 Å². The Hall–Kier alpha value is -3.35. The first-order valence-corrected chi connectivity index (χ1v) is 12.5. The molecule has 2 aromatic carbocycles. The van der Waals surface area contributed by atoms with Crippen LogP contribution in [0, 0.1) is 0 Å². The van der Waals surface area contributed by atoms with Crippen LogP contribution in [0.4, 0.5) is 4.79 Å². The van der Waals surface area contributed by atoms with E-state index in [0.29, 0.717) is 6.42 Å². The number of carboxylic acids is 1. The summed E-state index contributed by atoms with van der Waals surface area (Å²) in [5.41, 5.74) is 4.23. The number of alkyl carbamates (subject to hydrolysis) is 1. The molecule has 2 amide bonds. The quantitative estimate of drug-likeness (QED) is 0.471. The molecule has 7 heteroatoms. The van der Waals surface area contributed by atoms with Gasteiger partial charge in [-0.05, 0) is 48.4 Å². The molecule has 0 aromatic heterocycles. The normalized spacial score (nSPS) is 17.1. The molecule has 4 rings (SSSR count). The van der Waals surface area contributed by atoms with Gasteiger partial charge in [0.2, 0.25) is 5.91 Å². The maximum absolute atomic E-state index is 12.9. The fourth-order valence-corrected chi connectivity index (χ4v) is 5.53. The van der Waals surface area contributed by atoms with E-state index in [2.05, 4.69) is 34.9 Å². The van der Waals surface area contributed by atoms with Crippen LogP contribution in [0.15, 0.2) is 48.5 Å².